The standard InChI is InChI=1S/C12H16N2O2S/c1-16-11(15)7-12(5-6-12)8-17-10-4-2-3-9(13)14-10/h2-4H,5-8H2,1H3,(H2,13,14). The van der Waals surface area contributed by atoms with Crippen molar-refractivity contribution in [2.75, 3.05) is 18.6 Å². The van der Waals surface area contributed by atoms with Gasteiger partial charge in [0.1, 0.15) is 5.82 Å². The van der Waals surface area contributed by atoms with Gasteiger partial charge in [-0.05, 0) is 30.4 Å². The molecule has 0 atom stereocenters. The molecule has 0 amide bonds. The zero-order chi connectivity index (χ0) is 12.3. The quantitative estimate of drug-likeness (QED) is 0.642. The van der Waals surface area contributed by atoms with E-state index >= 15 is 0 Å². The van der Waals surface area contributed by atoms with E-state index in [0.717, 1.165) is 23.6 Å². The number of esters is 1. The lowest BCUT2D eigenvalue weighted by Gasteiger charge is -2.12. The summed E-state index contributed by atoms with van der Waals surface area (Å²) in [4.78, 5) is 15.5. The van der Waals surface area contributed by atoms with Gasteiger partial charge in [-0.15, -0.1) is 11.8 Å². The van der Waals surface area contributed by atoms with Crippen molar-refractivity contribution in [1.82, 2.24) is 4.98 Å². The number of anilines is 1. The van der Waals surface area contributed by atoms with Gasteiger partial charge in [-0.25, -0.2) is 4.98 Å². The SMILES string of the molecule is COC(=O)CC1(CSc2cccc(N)n2)CC1. The average molecular weight is 252 g/mol. The molecule has 17 heavy (non-hydrogen) atoms. The summed E-state index contributed by atoms with van der Waals surface area (Å²) in [5.74, 6) is 1.31. The molecule has 1 aliphatic carbocycles. The molecule has 2 rings (SSSR count). The van der Waals surface area contributed by atoms with Crippen LogP contribution in [0.4, 0.5) is 5.82 Å². The highest BCUT2D eigenvalue weighted by molar-refractivity contribution is 7.99. The number of carbonyl (C=O) groups is 1. The third-order valence-corrected chi connectivity index (χ3v) is 4.26. The molecular formula is C12H16N2O2S. The normalized spacial score (nSPS) is 16.5. The Hall–Kier alpha value is -1.23. The van der Waals surface area contributed by atoms with Gasteiger partial charge in [0.2, 0.25) is 0 Å². The van der Waals surface area contributed by atoms with Crippen molar-refractivity contribution in [3.63, 3.8) is 0 Å². The summed E-state index contributed by atoms with van der Waals surface area (Å²) in [6, 6.07) is 5.60. The number of aromatic nitrogens is 1. The molecule has 2 N–H and O–H groups in total. The summed E-state index contributed by atoms with van der Waals surface area (Å²) < 4.78 is 4.71. The summed E-state index contributed by atoms with van der Waals surface area (Å²) in [5.41, 5.74) is 5.75. The Bertz CT molecular complexity index is 419. The topological polar surface area (TPSA) is 65.2 Å². The zero-order valence-electron chi connectivity index (χ0n) is 9.81. The van der Waals surface area contributed by atoms with Gasteiger partial charge in [0.25, 0.3) is 0 Å². The number of methoxy groups -OCH3 is 1. The van der Waals surface area contributed by atoms with E-state index < -0.39 is 0 Å². The number of pyridine rings is 1. The Morgan fingerprint density at radius 3 is 2.94 bits per heavy atom. The number of hydrogen-bond donors (Lipinski definition) is 1. The number of nitrogen functional groups attached to an aromatic ring is 1. The first kappa shape index (κ1) is 12.2. The molecule has 1 aromatic rings. The van der Waals surface area contributed by atoms with Crippen molar-refractivity contribution in [3.8, 4) is 0 Å². The van der Waals surface area contributed by atoms with Crippen molar-refractivity contribution in [3.05, 3.63) is 18.2 Å². The van der Waals surface area contributed by atoms with E-state index in [2.05, 4.69) is 4.98 Å². The van der Waals surface area contributed by atoms with Crippen LogP contribution in [0.15, 0.2) is 23.2 Å². The first-order valence-electron chi connectivity index (χ1n) is 5.56. The Kier molecular flexibility index (Phi) is 3.57. The van der Waals surface area contributed by atoms with Gasteiger partial charge >= 0.3 is 5.97 Å². The van der Waals surface area contributed by atoms with Gasteiger partial charge in [0, 0.05) is 5.75 Å². The lowest BCUT2D eigenvalue weighted by molar-refractivity contribution is -0.141. The number of ether oxygens (including phenoxy) is 1. The minimum atomic E-state index is -0.122. The fourth-order valence-electron chi connectivity index (χ4n) is 1.67. The summed E-state index contributed by atoms with van der Waals surface area (Å²) >= 11 is 1.66. The van der Waals surface area contributed by atoms with Gasteiger partial charge in [0.05, 0.1) is 18.6 Å². The highest BCUT2D eigenvalue weighted by Crippen LogP contribution is 2.51. The molecule has 5 heteroatoms. The lowest BCUT2D eigenvalue weighted by Crippen LogP contribution is -2.13. The largest absolute Gasteiger partial charge is 0.469 e. The number of carbonyl (C=O) groups excluding carboxylic acids is 1. The van der Waals surface area contributed by atoms with E-state index in [1.54, 1.807) is 17.8 Å². The van der Waals surface area contributed by atoms with Crippen LogP contribution in [0.3, 0.4) is 0 Å². The second-order valence-corrected chi connectivity index (χ2v) is 5.44. The monoisotopic (exact) mass is 252 g/mol. The van der Waals surface area contributed by atoms with E-state index in [-0.39, 0.29) is 11.4 Å². The molecular weight excluding hydrogens is 236 g/mol. The second kappa shape index (κ2) is 4.96. The molecule has 1 fully saturated rings. The Morgan fingerprint density at radius 2 is 2.35 bits per heavy atom. The summed E-state index contributed by atoms with van der Waals surface area (Å²) in [6.07, 6.45) is 2.70. The van der Waals surface area contributed by atoms with Gasteiger partial charge < -0.3 is 10.5 Å². The van der Waals surface area contributed by atoms with Crippen molar-refractivity contribution in [2.45, 2.75) is 24.3 Å². The molecule has 0 unspecified atom stereocenters. The molecule has 0 saturated heterocycles. The highest BCUT2D eigenvalue weighted by Gasteiger charge is 2.44. The summed E-state index contributed by atoms with van der Waals surface area (Å²) in [7, 11) is 1.44. The predicted octanol–water partition coefficient (Wildman–Crippen LogP) is 2.10. The number of rotatable bonds is 5. The fourth-order valence-corrected chi connectivity index (χ4v) is 2.86. The van der Waals surface area contributed by atoms with Crippen LogP contribution >= 0.6 is 11.8 Å². The third-order valence-electron chi connectivity index (χ3n) is 2.98. The van der Waals surface area contributed by atoms with Crippen LogP contribution in [0.2, 0.25) is 0 Å². The van der Waals surface area contributed by atoms with Gasteiger partial charge in [-0.3, -0.25) is 4.79 Å². The number of nitrogens with zero attached hydrogens (tertiary/aromatic N) is 1. The molecule has 0 aliphatic heterocycles. The maximum atomic E-state index is 11.3. The smallest absolute Gasteiger partial charge is 0.306 e. The summed E-state index contributed by atoms with van der Waals surface area (Å²) in [6.45, 7) is 0. The molecule has 92 valence electrons. The zero-order valence-corrected chi connectivity index (χ0v) is 10.6. The molecule has 1 heterocycles. The van der Waals surface area contributed by atoms with E-state index in [0.29, 0.717) is 12.2 Å². The van der Waals surface area contributed by atoms with Crippen LogP contribution in [0.5, 0.6) is 0 Å². The number of hydrogen-bond acceptors (Lipinski definition) is 5. The van der Waals surface area contributed by atoms with Gasteiger partial charge in [-0.1, -0.05) is 6.07 Å². The molecule has 0 radical (unpaired) electrons. The van der Waals surface area contributed by atoms with E-state index in [1.807, 2.05) is 12.1 Å². The van der Waals surface area contributed by atoms with Crippen LogP contribution in [-0.4, -0.2) is 23.8 Å². The first-order chi connectivity index (χ1) is 8.13. The molecule has 1 saturated carbocycles. The Morgan fingerprint density at radius 1 is 1.59 bits per heavy atom. The van der Waals surface area contributed by atoms with Crippen molar-refractivity contribution < 1.29 is 9.53 Å². The van der Waals surface area contributed by atoms with Gasteiger partial charge in [0.15, 0.2) is 0 Å². The molecule has 0 aromatic carbocycles. The van der Waals surface area contributed by atoms with Crippen LogP contribution in [-0.2, 0) is 9.53 Å². The van der Waals surface area contributed by atoms with Crippen LogP contribution < -0.4 is 5.73 Å². The van der Waals surface area contributed by atoms with Crippen molar-refractivity contribution in [2.24, 2.45) is 5.41 Å². The van der Waals surface area contributed by atoms with Crippen molar-refractivity contribution in [1.29, 1.82) is 0 Å². The van der Waals surface area contributed by atoms with E-state index in [4.69, 9.17) is 10.5 Å². The van der Waals surface area contributed by atoms with Crippen LogP contribution in [0.25, 0.3) is 0 Å². The minimum absolute atomic E-state index is 0.122. The minimum Gasteiger partial charge on any atom is -0.469 e. The molecule has 1 aromatic heterocycles. The van der Waals surface area contributed by atoms with E-state index in [1.165, 1.54) is 7.11 Å². The van der Waals surface area contributed by atoms with Crippen LogP contribution in [0, 0.1) is 5.41 Å². The number of thioether (sulfide) groups is 1. The fraction of sp³-hybridized carbons (Fsp3) is 0.500. The lowest BCUT2D eigenvalue weighted by atomic mass is 10.1. The molecule has 0 spiro atoms. The maximum absolute atomic E-state index is 11.3. The Balaban J connectivity index is 1.88. The van der Waals surface area contributed by atoms with E-state index in [9.17, 15) is 4.79 Å². The number of nitrogens with two attached hydrogens (primary N) is 1. The van der Waals surface area contributed by atoms with Gasteiger partial charge in [-0.2, -0.15) is 0 Å². The predicted molar refractivity (Wildman–Crippen MR) is 67.7 cm³/mol. The molecule has 0 bridgehead atoms. The maximum Gasteiger partial charge on any atom is 0.306 e. The molecule has 4 nitrogen and oxygen atoms in total. The molecule has 1 aliphatic rings. The third kappa shape index (κ3) is 3.36. The second-order valence-electron chi connectivity index (χ2n) is 4.44. The summed E-state index contributed by atoms with van der Waals surface area (Å²) in [5, 5.41) is 0.918. The average Bonchev–Trinajstić information content (AvgIpc) is 3.07. The van der Waals surface area contributed by atoms with Crippen LogP contribution in [0.1, 0.15) is 19.3 Å². The van der Waals surface area contributed by atoms with Crippen molar-refractivity contribution >= 4 is 23.5 Å². The highest BCUT2D eigenvalue weighted by atomic mass is 32.2. The first-order valence-corrected chi connectivity index (χ1v) is 6.54. The Labute approximate surface area is 105 Å².